The molecule has 0 unspecified atom stereocenters. The van der Waals surface area contributed by atoms with Crippen molar-refractivity contribution in [1.82, 2.24) is 4.31 Å². The molecular weight excluding hydrogens is 350 g/mol. The van der Waals surface area contributed by atoms with Crippen LogP contribution in [0.4, 0.5) is 0 Å². The lowest BCUT2D eigenvalue weighted by Gasteiger charge is -2.21. The van der Waals surface area contributed by atoms with Gasteiger partial charge in [-0.3, -0.25) is 4.79 Å². The van der Waals surface area contributed by atoms with Crippen LogP contribution >= 0.6 is 15.9 Å². The smallest absolute Gasteiger partial charge is 0.322 e. The lowest BCUT2D eigenvalue weighted by Crippen LogP contribution is -2.40. The van der Waals surface area contributed by atoms with Crippen LogP contribution in [0.2, 0.25) is 0 Å². The molecule has 1 aliphatic heterocycles. The van der Waals surface area contributed by atoms with Crippen LogP contribution in [-0.4, -0.2) is 43.5 Å². The molecule has 1 atom stereocenters. The van der Waals surface area contributed by atoms with Crippen molar-refractivity contribution in [3.8, 4) is 5.75 Å². The third-order valence-corrected chi connectivity index (χ3v) is 5.74. The van der Waals surface area contributed by atoms with E-state index in [1.807, 2.05) is 0 Å². The van der Waals surface area contributed by atoms with Gasteiger partial charge in [0.15, 0.2) is 0 Å². The molecule has 0 amide bonds. The Bertz CT molecular complexity index is 631. The molecule has 1 aromatic rings. The standard InChI is InChI=1S/C12H14BrNO5S/c1-19-11-5-4-8(7-9(11)13)20(17,18)14-6-2-3-10(14)12(15)16/h4-5,7,10H,2-3,6H2,1H3,(H,15,16)/t10-/m1/s1. The van der Waals surface area contributed by atoms with Gasteiger partial charge in [-0.15, -0.1) is 0 Å². The first-order valence-electron chi connectivity index (χ1n) is 5.96. The van der Waals surface area contributed by atoms with Crippen molar-refractivity contribution in [3.05, 3.63) is 22.7 Å². The fraction of sp³-hybridized carbons (Fsp3) is 0.417. The molecule has 1 N–H and O–H groups in total. The summed E-state index contributed by atoms with van der Waals surface area (Å²) in [5.74, 6) is -0.598. The molecule has 110 valence electrons. The maximum Gasteiger partial charge on any atom is 0.322 e. The molecule has 20 heavy (non-hydrogen) atoms. The minimum atomic E-state index is -3.81. The van der Waals surface area contributed by atoms with Gasteiger partial charge in [0.1, 0.15) is 11.8 Å². The average molecular weight is 364 g/mol. The lowest BCUT2D eigenvalue weighted by atomic mass is 10.2. The SMILES string of the molecule is COc1ccc(S(=O)(=O)N2CCC[C@@H]2C(=O)O)cc1Br. The number of aliphatic carboxylic acids is 1. The predicted octanol–water partition coefficient (Wildman–Crippen LogP) is 1.70. The van der Waals surface area contributed by atoms with E-state index < -0.39 is 22.0 Å². The lowest BCUT2D eigenvalue weighted by molar-refractivity contribution is -0.140. The highest BCUT2D eigenvalue weighted by atomic mass is 79.9. The maximum atomic E-state index is 12.5. The van der Waals surface area contributed by atoms with Gasteiger partial charge in [-0.1, -0.05) is 0 Å². The van der Waals surface area contributed by atoms with Crippen LogP contribution in [0.15, 0.2) is 27.6 Å². The first-order chi connectivity index (χ1) is 9.37. The number of hydrogen-bond donors (Lipinski definition) is 1. The van der Waals surface area contributed by atoms with Crippen molar-refractivity contribution >= 4 is 31.9 Å². The van der Waals surface area contributed by atoms with Crippen LogP contribution in [0.1, 0.15) is 12.8 Å². The Morgan fingerprint density at radius 2 is 2.20 bits per heavy atom. The Kier molecular flexibility index (Phi) is 4.36. The van der Waals surface area contributed by atoms with Gasteiger partial charge >= 0.3 is 5.97 Å². The minimum absolute atomic E-state index is 0.0540. The van der Waals surface area contributed by atoms with Crippen molar-refractivity contribution in [2.24, 2.45) is 0 Å². The third-order valence-electron chi connectivity index (χ3n) is 3.22. The number of carboxylic acid groups (broad SMARTS) is 1. The summed E-state index contributed by atoms with van der Waals surface area (Å²) in [6.45, 7) is 0.225. The second-order valence-corrected chi connectivity index (χ2v) is 7.15. The Labute approximate surface area is 125 Å². The molecule has 1 aromatic carbocycles. The first kappa shape index (κ1) is 15.3. The molecule has 0 aliphatic carbocycles. The van der Waals surface area contributed by atoms with Crippen LogP contribution < -0.4 is 4.74 Å². The van der Waals surface area contributed by atoms with Gasteiger partial charge in [-0.25, -0.2) is 8.42 Å². The van der Waals surface area contributed by atoms with Gasteiger partial charge in [0.2, 0.25) is 10.0 Å². The molecule has 0 aromatic heterocycles. The molecule has 6 nitrogen and oxygen atoms in total. The van der Waals surface area contributed by atoms with Gasteiger partial charge in [-0.2, -0.15) is 4.31 Å². The van der Waals surface area contributed by atoms with Crippen LogP contribution in [-0.2, 0) is 14.8 Å². The molecule has 0 radical (unpaired) electrons. The zero-order valence-corrected chi connectivity index (χ0v) is 13.1. The van der Waals surface area contributed by atoms with E-state index in [2.05, 4.69) is 15.9 Å². The number of hydrogen-bond acceptors (Lipinski definition) is 4. The highest BCUT2D eigenvalue weighted by Crippen LogP contribution is 2.31. The molecule has 1 heterocycles. The largest absolute Gasteiger partial charge is 0.496 e. The number of nitrogens with zero attached hydrogens (tertiary/aromatic N) is 1. The molecule has 0 bridgehead atoms. The van der Waals surface area contributed by atoms with Crippen molar-refractivity contribution in [1.29, 1.82) is 0 Å². The molecule has 0 saturated carbocycles. The highest BCUT2D eigenvalue weighted by molar-refractivity contribution is 9.10. The van der Waals surface area contributed by atoms with Gasteiger partial charge in [0.05, 0.1) is 16.5 Å². The monoisotopic (exact) mass is 363 g/mol. The topological polar surface area (TPSA) is 83.9 Å². The van der Waals surface area contributed by atoms with E-state index in [9.17, 15) is 13.2 Å². The van der Waals surface area contributed by atoms with Crippen molar-refractivity contribution in [3.63, 3.8) is 0 Å². The summed E-state index contributed by atoms with van der Waals surface area (Å²) in [5, 5.41) is 9.10. The van der Waals surface area contributed by atoms with E-state index in [4.69, 9.17) is 9.84 Å². The van der Waals surface area contributed by atoms with Crippen LogP contribution in [0.3, 0.4) is 0 Å². The van der Waals surface area contributed by atoms with Crippen molar-refractivity contribution in [2.75, 3.05) is 13.7 Å². The van der Waals surface area contributed by atoms with Crippen molar-refractivity contribution in [2.45, 2.75) is 23.8 Å². The second kappa shape index (κ2) is 5.71. The number of carboxylic acids is 1. The van der Waals surface area contributed by atoms with E-state index in [0.717, 1.165) is 4.31 Å². The number of ether oxygens (including phenoxy) is 1. The molecule has 1 aliphatic rings. The van der Waals surface area contributed by atoms with E-state index in [1.54, 1.807) is 0 Å². The molecular formula is C12H14BrNO5S. The van der Waals surface area contributed by atoms with E-state index >= 15 is 0 Å². The van der Waals surface area contributed by atoms with Crippen LogP contribution in [0.25, 0.3) is 0 Å². The molecule has 8 heteroatoms. The zero-order valence-electron chi connectivity index (χ0n) is 10.7. The average Bonchev–Trinajstić information content (AvgIpc) is 2.88. The van der Waals surface area contributed by atoms with Gasteiger partial charge in [0.25, 0.3) is 0 Å². The number of methoxy groups -OCH3 is 1. The Morgan fingerprint density at radius 1 is 1.50 bits per heavy atom. The highest BCUT2D eigenvalue weighted by Gasteiger charge is 2.39. The Morgan fingerprint density at radius 3 is 2.75 bits per heavy atom. The quantitative estimate of drug-likeness (QED) is 0.879. The first-order valence-corrected chi connectivity index (χ1v) is 8.19. The number of sulfonamides is 1. The van der Waals surface area contributed by atoms with E-state index in [-0.39, 0.29) is 11.4 Å². The summed E-state index contributed by atoms with van der Waals surface area (Å²) >= 11 is 3.23. The van der Waals surface area contributed by atoms with Gasteiger partial charge < -0.3 is 9.84 Å². The minimum Gasteiger partial charge on any atom is -0.496 e. The van der Waals surface area contributed by atoms with Gasteiger partial charge in [0, 0.05) is 6.54 Å². The molecule has 2 rings (SSSR count). The summed E-state index contributed by atoms with van der Waals surface area (Å²) < 4.78 is 31.6. The van der Waals surface area contributed by atoms with Crippen LogP contribution in [0, 0.1) is 0 Å². The molecule has 0 spiro atoms. The summed E-state index contributed by atoms with van der Waals surface area (Å²) in [6, 6.07) is 3.38. The Hall–Kier alpha value is -1.12. The summed E-state index contributed by atoms with van der Waals surface area (Å²) in [5.41, 5.74) is 0. The maximum absolute atomic E-state index is 12.5. The van der Waals surface area contributed by atoms with Crippen LogP contribution in [0.5, 0.6) is 5.75 Å². The number of carbonyl (C=O) groups is 1. The number of benzene rings is 1. The summed E-state index contributed by atoms with van der Waals surface area (Å²) in [6.07, 6.45) is 0.888. The molecule has 1 saturated heterocycles. The predicted molar refractivity (Wildman–Crippen MR) is 75.2 cm³/mol. The normalized spacial score (nSPS) is 20.0. The van der Waals surface area contributed by atoms with Gasteiger partial charge in [-0.05, 0) is 47.0 Å². The van der Waals surface area contributed by atoms with Crippen molar-refractivity contribution < 1.29 is 23.1 Å². The zero-order chi connectivity index (χ0) is 14.9. The fourth-order valence-corrected chi connectivity index (χ4v) is 4.59. The summed E-state index contributed by atoms with van der Waals surface area (Å²) in [4.78, 5) is 11.2. The summed E-state index contributed by atoms with van der Waals surface area (Å²) in [7, 11) is -2.33. The number of rotatable bonds is 4. The third kappa shape index (κ3) is 2.68. The second-order valence-electron chi connectivity index (χ2n) is 4.41. The fourth-order valence-electron chi connectivity index (χ4n) is 2.22. The number of halogens is 1. The molecule has 1 fully saturated rings. The van der Waals surface area contributed by atoms with E-state index in [0.29, 0.717) is 23.1 Å². The Balaban J connectivity index is 2.40. The van der Waals surface area contributed by atoms with E-state index in [1.165, 1.54) is 25.3 Å².